The zero-order valence-electron chi connectivity index (χ0n) is 12.6. The average Bonchev–Trinajstić information content (AvgIpc) is 2.92. The number of rotatable bonds is 5. The van der Waals surface area contributed by atoms with Crippen LogP contribution in [-0.4, -0.2) is 32.4 Å². The first-order valence-corrected chi connectivity index (χ1v) is 9.42. The lowest BCUT2D eigenvalue weighted by molar-refractivity contribution is 0.463. The predicted octanol–water partition coefficient (Wildman–Crippen LogP) is 2.44. The van der Waals surface area contributed by atoms with Gasteiger partial charge in [0.25, 0.3) is 0 Å². The summed E-state index contributed by atoms with van der Waals surface area (Å²) in [7, 11) is -3.32. The molecule has 1 N–H and O–H groups in total. The predicted molar refractivity (Wildman–Crippen MR) is 83.5 cm³/mol. The van der Waals surface area contributed by atoms with Gasteiger partial charge in [0, 0.05) is 29.4 Å². The van der Waals surface area contributed by atoms with Gasteiger partial charge in [-0.25, -0.2) is 8.42 Å². The van der Waals surface area contributed by atoms with E-state index in [-0.39, 0.29) is 0 Å². The van der Waals surface area contributed by atoms with E-state index in [1.807, 2.05) is 19.9 Å². The number of thiophene rings is 1. The van der Waals surface area contributed by atoms with Gasteiger partial charge in [-0.2, -0.15) is 4.31 Å². The van der Waals surface area contributed by atoms with Gasteiger partial charge < -0.3 is 5.32 Å². The van der Waals surface area contributed by atoms with E-state index in [0.29, 0.717) is 29.8 Å². The van der Waals surface area contributed by atoms with Gasteiger partial charge in [-0.05, 0) is 31.4 Å². The van der Waals surface area contributed by atoms with Crippen molar-refractivity contribution in [3.05, 3.63) is 15.8 Å². The van der Waals surface area contributed by atoms with Crippen LogP contribution in [-0.2, 0) is 16.6 Å². The summed E-state index contributed by atoms with van der Waals surface area (Å²) in [5, 5.41) is 3.24. The number of hydrogen-bond acceptors (Lipinski definition) is 4. The summed E-state index contributed by atoms with van der Waals surface area (Å²) in [6.07, 6.45) is 0. The smallest absolute Gasteiger partial charge is 0.244 e. The molecule has 2 heterocycles. The van der Waals surface area contributed by atoms with Crippen molar-refractivity contribution in [2.45, 2.75) is 39.1 Å². The van der Waals surface area contributed by atoms with E-state index in [4.69, 9.17) is 0 Å². The molecular weight excluding hydrogens is 292 g/mol. The van der Waals surface area contributed by atoms with E-state index in [9.17, 15) is 8.42 Å². The molecule has 6 heteroatoms. The highest BCUT2D eigenvalue weighted by Gasteiger charge is 2.36. The van der Waals surface area contributed by atoms with Gasteiger partial charge >= 0.3 is 0 Å². The third-order valence-corrected chi connectivity index (χ3v) is 7.18. The summed E-state index contributed by atoms with van der Waals surface area (Å²) >= 11 is 1.57. The van der Waals surface area contributed by atoms with Gasteiger partial charge in [-0.3, -0.25) is 0 Å². The molecule has 1 fully saturated rings. The minimum absolute atomic E-state index is 0.435. The van der Waals surface area contributed by atoms with Crippen LogP contribution in [0.15, 0.2) is 11.0 Å². The Labute approximate surface area is 126 Å². The molecule has 2 atom stereocenters. The van der Waals surface area contributed by atoms with E-state index < -0.39 is 10.0 Å². The molecule has 4 nitrogen and oxygen atoms in total. The molecule has 1 aromatic rings. The molecule has 0 spiro atoms. The Hall–Kier alpha value is -0.430. The Morgan fingerprint density at radius 3 is 2.50 bits per heavy atom. The molecule has 0 aliphatic carbocycles. The Morgan fingerprint density at radius 2 is 1.95 bits per heavy atom. The standard InChI is InChI=1S/C14H24N2O2S2/c1-5-15-7-13-6-14(12(4)19-13)20(17,18)16-8-10(2)11(3)9-16/h6,10-11,15H,5,7-9H2,1-4H3. The number of hydrogen-bond donors (Lipinski definition) is 1. The van der Waals surface area contributed by atoms with Gasteiger partial charge in [0.05, 0.1) is 4.90 Å². The van der Waals surface area contributed by atoms with Crippen molar-refractivity contribution in [3.8, 4) is 0 Å². The third kappa shape index (κ3) is 3.08. The molecule has 2 rings (SSSR count). The molecule has 0 radical (unpaired) electrons. The summed E-state index contributed by atoms with van der Waals surface area (Å²) in [5.74, 6) is 0.870. The molecular formula is C14H24N2O2S2. The first-order valence-electron chi connectivity index (χ1n) is 7.16. The highest BCUT2D eigenvalue weighted by atomic mass is 32.2. The molecule has 2 unspecified atom stereocenters. The zero-order chi connectivity index (χ0) is 14.9. The van der Waals surface area contributed by atoms with Gasteiger partial charge in [0.2, 0.25) is 10.0 Å². The fourth-order valence-corrected chi connectivity index (χ4v) is 5.74. The molecule has 0 amide bonds. The quantitative estimate of drug-likeness (QED) is 0.908. The number of sulfonamides is 1. The first kappa shape index (κ1) is 15.9. The third-order valence-electron chi connectivity index (χ3n) is 4.04. The summed E-state index contributed by atoms with van der Waals surface area (Å²) in [6, 6.07) is 1.84. The van der Waals surface area contributed by atoms with Crippen LogP contribution in [0.4, 0.5) is 0 Å². The SMILES string of the molecule is CCNCc1cc(S(=O)(=O)N2CC(C)C(C)C2)c(C)s1. The highest BCUT2D eigenvalue weighted by Crippen LogP contribution is 2.32. The lowest BCUT2D eigenvalue weighted by Gasteiger charge is -2.15. The number of nitrogens with zero attached hydrogens (tertiary/aromatic N) is 1. The zero-order valence-corrected chi connectivity index (χ0v) is 14.3. The molecule has 1 saturated heterocycles. The van der Waals surface area contributed by atoms with Gasteiger partial charge in [0.15, 0.2) is 0 Å². The second kappa shape index (κ2) is 6.13. The van der Waals surface area contributed by atoms with Crippen LogP contribution in [0.2, 0.25) is 0 Å². The minimum atomic E-state index is -3.32. The summed E-state index contributed by atoms with van der Waals surface area (Å²) in [4.78, 5) is 2.48. The van der Waals surface area contributed by atoms with Gasteiger partial charge in [-0.1, -0.05) is 20.8 Å². The van der Waals surface area contributed by atoms with Crippen LogP contribution in [0.25, 0.3) is 0 Å². The number of aryl methyl sites for hydroxylation is 1. The minimum Gasteiger partial charge on any atom is -0.312 e. The molecule has 0 saturated carbocycles. The van der Waals surface area contributed by atoms with Crippen molar-refractivity contribution < 1.29 is 8.42 Å². The molecule has 114 valence electrons. The Balaban J connectivity index is 2.24. The van der Waals surface area contributed by atoms with E-state index in [0.717, 1.165) is 22.8 Å². The second-order valence-corrected chi connectivity index (χ2v) is 8.94. The van der Waals surface area contributed by atoms with Gasteiger partial charge in [0.1, 0.15) is 0 Å². The maximum atomic E-state index is 12.7. The molecule has 20 heavy (non-hydrogen) atoms. The van der Waals surface area contributed by atoms with Crippen molar-refractivity contribution in [2.24, 2.45) is 11.8 Å². The van der Waals surface area contributed by atoms with Crippen LogP contribution in [0.3, 0.4) is 0 Å². The van der Waals surface area contributed by atoms with E-state index in [1.54, 1.807) is 15.6 Å². The van der Waals surface area contributed by atoms with Crippen LogP contribution in [0, 0.1) is 18.8 Å². The fourth-order valence-electron chi connectivity index (χ4n) is 2.53. The molecule has 1 aliphatic rings. The van der Waals surface area contributed by atoms with Crippen LogP contribution < -0.4 is 5.32 Å². The van der Waals surface area contributed by atoms with E-state index in [2.05, 4.69) is 19.2 Å². The molecule has 1 aromatic heterocycles. The van der Waals surface area contributed by atoms with E-state index >= 15 is 0 Å². The average molecular weight is 316 g/mol. The molecule has 0 aromatic carbocycles. The largest absolute Gasteiger partial charge is 0.312 e. The second-order valence-electron chi connectivity index (χ2n) is 5.69. The summed E-state index contributed by atoms with van der Waals surface area (Å²) in [5.41, 5.74) is 0. The van der Waals surface area contributed by atoms with Crippen molar-refractivity contribution in [1.29, 1.82) is 0 Å². The van der Waals surface area contributed by atoms with Crippen molar-refractivity contribution >= 4 is 21.4 Å². The first-order chi connectivity index (χ1) is 9.36. The Kier molecular flexibility index (Phi) is 4.89. The van der Waals surface area contributed by atoms with Crippen LogP contribution >= 0.6 is 11.3 Å². The van der Waals surface area contributed by atoms with Crippen molar-refractivity contribution in [1.82, 2.24) is 9.62 Å². The Bertz CT molecular complexity index is 556. The maximum absolute atomic E-state index is 12.7. The lowest BCUT2D eigenvalue weighted by Crippen LogP contribution is -2.29. The van der Waals surface area contributed by atoms with Crippen LogP contribution in [0.5, 0.6) is 0 Å². The van der Waals surface area contributed by atoms with Crippen molar-refractivity contribution in [3.63, 3.8) is 0 Å². The maximum Gasteiger partial charge on any atom is 0.244 e. The van der Waals surface area contributed by atoms with Crippen molar-refractivity contribution in [2.75, 3.05) is 19.6 Å². The Morgan fingerprint density at radius 1 is 1.35 bits per heavy atom. The highest BCUT2D eigenvalue weighted by molar-refractivity contribution is 7.89. The van der Waals surface area contributed by atoms with E-state index in [1.165, 1.54) is 0 Å². The van der Waals surface area contributed by atoms with Gasteiger partial charge in [-0.15, -0.1) is 11.3 Å². The fraction of sp³-hybridized carbons (Fsp3) is 0.714. The normalized spacial score (nSPS) is 24.4. The monoisotopic (exact) mass is 316 g/mol. The topological polar surface area (TPSA) is 49.4 Å². The van der Waals surface area contributed by atoms with Crippen LogP contribution in [0.1, 0.15) is 30.5 Å². The summed E-state index contributed by atoms with van der Waals surface area (Å²) < 4.78 is 27.1. The lowest BCUT2D eigenvalue weighted by atomic mass is 10.0. The molecule has 0 bridgehead atoms. The molecule has 1 aliphatic heterocycles. The summed E-state index contributed by atoms with van der Waals surface area (Å²) in [6.45, 7) is 11.1. The number of nitrogens with one attached hydrogen (secondary N) is 1.